The first kappa shape index (κ1) is 18.4. The van der Waals surface area contributed by atoms with Crippen LogP contribution in [0.25, 0.3) is 11.0 Å². The molecule has 3 aliphatic rings. The van der Waals surface area contributed by atoms with Gasteiger partial charge in [-0.05, 0) is 44.9 Å². The molecule has 3 aliphatic heterocycles. The largest absolute Gasteiger partial charge is 0.444 e. The molecule has 3 saturated heterocycles. The van der Waals surface area contributed by atoms with Crippen LogP contribution in [0.1, 0.15) is 27.2 Å². The van der Waals surface area contributed by atoms with Crippen molar-refractivity contribution in [2.75, 3.05) is 18.0 Å². The number of aromatic nitrogens is 3. The molecular formula is C17H18Cl2FN5O2. The minimum Gasteiger partial charge on any atom is -0.444 e. The molecule has 2 atom stereocenters. The molecule has 0 aliphatic carbocycles. The minimum absolute atomic E-state index is 0.0154. The fourth-order valence-corrected chi connectivity index (χ4v) is 3.89. The predicted octanol–water partition coefficient (Wildman–Crippen LogP) is 3.67. The maximum absolute atomic E-state index is 14.0. The lowest BCUT2D eigenvalue weighted by Gasteiger charge is -2.56. The number of anilines is 1. The molecule has 5 heterocycles. The van der Waals surface area contributed by atoms with Gasteiger partial charge in [-0.3, -0.25) is 0 Å². The summed E-state index contributed by atoms with van der Waals surface area (Å²) in [5, 5.41) is 0.200. The molecule has 3 fully saturated rings. The van der Waals surface area contributed by atoms with Crippen LogP contribution in [0.4, 0.5) is 15.0 Å². The van der Waals surface area contributed by atoms with E-state index >= 15 is 0 Å². The number of piperazine rings is 1. The zero-order chi connectivity index (χ0) is 19.5. The highest BCUT2D eigenvalue weighted by atomic mass is 35.5. The van der Waals surface area contributed by atoms with Crippen LogP contribution in [-0.4, -0.2) is 56.7 Å². The normalized spacial score (nSPS) is 22.0. The van der Waals surface area contributed by atoms with Crippen LogP contribution in [0.2, 0.25) is 10.4 Å². The van der Waals surface area contributed by atoms with Crippen molar-refractivity contribution >= 4 is 46.1 Å². The Morgan fingerprint density at radius 1 is 1.22 bits per heavy atom. The van der Waals surface area contributed by atoms with E-state index in [9.17, 15) is 9.18 Å². The molecule has 0 saturated carbocycles. The Kier molecular flexibility index (Phi) is 4.31. The van der Waals surface area contributed by atoms with Crippen molar-refractivity contribution in [3.8, 4) is 0 Å². The Bertz CT molecular complexity index is 924. The van der Waals surface area contributed by atoms with E-state index in [1.54, 1.807) is 4.90 Å². The Hall–Kier alpha value is -1.93. The Morgan fingerprint density at radius 2 is 1.89 bits per heavy atom. The smallest absolute Gasteiger partial charge is 0.410 e. The third kappa shape index (κ3) is 3.36. The van der Waals surface area contributed by atoms with Gasteiger partial charge < -0.3 is 14.5 Å². The monoisotopic (exact) mass is 413 g/mol. The summed E-state index contributed by atoms with van der Waals surface area (Å²) in [6.45, 7) is 6.51. The molecule has 2 bridgehead atoms. The number of pyridine rings is 1. The second-order valence-electron chi connectivity index (χ2n) is 7.78. The highest BCUT2D eigenvalue weighted by molar-refractivity contribution is 6.30. The molecule has 2 aromatic heterocycles. The summed E-state index contributed by atoms with van der Waals surface area (Å²) in [5.74, 6) is -0.129. The zero-order valence-electron chi connectivity index (χ0n) is 15.0. The van der Waals surface area contributed by atoms with Gasteiger partial charge in [0, 0.05) is 13.1 Å². The summed E-state index contributed by atoms with van der Waals surface area (Å²) in [7, 11) is 0. The first-order valence-electron chi connectivity index (χ1n) is 8.58. The van der Waals surface area contributed by atoms with Gasteiger partial charge in [0.1, 0.15) is 11.4 Å². The van der Waals surface area contributed by atoms with Crippen LogP contribution in [0.5, 0.6) is 0 Å². The lowest BCUT2D eigenvalue weighted by atomic mass is 9.87. The van der Waals surface area contributed by atoms with Crippen molar-refractivity contribution in [3.05, 3.63) is 22.3 Å². The molecule has 0 aromatic carbocycles. The lowest BCUT2D eigenvalue weighted by molar-refractivity contribution is 0.00847. The number of ether oxygens (including phenoxy) is 1. The van der Waals surface area contributed by atoms with E-state index in [1.165, 1.54) is 6.07 Å². The third-order valence-electron chi connectivity index (χ3n) is 4.64. The highest BCUT2D eigenvalue weighted by Gasteiger charge is 2.48. The van der Waals surface area contributed by atoms with Gasteiger partial charge in [-0.15, -0.1) is 0 Å². The number of amides is 1. The van der Waals surface area contributed by atoms with Crippen LogP contribution in [0, 0.1) is 5.82 Å². The molecule has 0 N–H and O–H groups in total. The number of hydrogen-bond acceptors (Lipinski definition) is 6. The maximum Gasteiger partial charge on any atom is 0.410 e. The van der Waals surface area contributed by atoms with Crippen molar-refractivity contribution in [1.29, 1.82) is 0 Å². The van der Waals surface area contributed by atoms with Crippen LogP contribution >= 0.6 is 23.2 Å². The quantitative estimate of drug-likeness (QED) is 0.524. The third-order valence-corrected chi connectivity index (χ3v) is 5.07. The molecule has 10 heteroatoms. The number of halogens is 3. The summed E-state index contributed by atoms with van der Waals surface area (Å²) < 4.78 is 19.4. The van der Waals surface area contributed by atoms with Gasteiger partial charge in [0.05, 0.1) is 17.5 Å². The second-order valence-corrected chi connectivity index (χ2v) is 8.48. The number of hydrogen-bond donors (Lipinski definition) is 0. The van der Waals surface area contributed by atoms with E-state index in [4.69, 9.17) is 27.9 Å². The predicted molar refractivity (Wildman–Crippen MR) is 99.8 cm³/mol. The molecule has 1 amide bonds. The van der Waals surface area contributed by atoms with Gasteiger partial charge in [0.25, 0.3) is 0 Å². The first-order valence-corrected chi connectivity index (χ1v) is 9.33. The molecule has 7 nitrogen and oxygen atoms in total. The molecule has 0 spiro atoms. The number of carbonyl (C=O) groups is 1. The van der Waals surface area contributed by atoms with E-state index in [-0.39, 0.29) is 34.3 Å². The van der Waals surface area contributed by atoms with Gasteiger partial charge in [-0.25, -0.2) is 14.2 Å². The van der Waals surface area contributed by atoms with Crippen LogP contribution in [0.15, 0.2) is 6.07 Å². The van der Waals surface area contributed by atoms with Crippen molar-refractivity contribution in [2.24, 2.45) is 0 Å². The van der Waals surface area contributed by atoms with Crippen LogP contribution in [-0.2, 0) is 4.74 Å². The van der Waals surface area contributed by atoms with Gasteiger partial charge in [-0.1, -0.05) is 11.6 Å². The number of nitrogens with zero attached hydrogens (tertiary/aromatic N) is 5. The second kappa shape index (κ2) is 6.31. The van der Waals surface area contributed by atoms with E-state index in [2.05, 4.69) is 15.0 Å². The van der Waals surface area contributed by atoms with Gasteiger partial charge >= 0.3 is 6.09 Å². The fraction of sp³-hybridized carbons (Fsp3) is 0.529. The molecule has 0 radical (unpaired) electrons. The van der Waals surface area contributed by atoms with Gasteiger partial charge in [-0.2, -0.15) is 9.97 Å². The molecule has 144 valence electrons. The number of piperidine rings is 1. The van der Waals surface area contributed by atoms with Crippen molar-refractivity contribution in [1.82, 2.24) is 19.9 Å². The van der Waals surface area contributed by atoms with Crippen LogP contribution in [0.3, 0.4) is 0 Å². The molecule has 27 heavy (non-hydrogen) atoms. The van der Waals surface area contributed by atoms with Gasteiger partial charge in [0.15, 0.2) is 16.6 Å². The summed E-state index contributed by atoms with van der Waals surface area (Å²) in [5.41, 5.74) is -0.303. The highest BCUT2D eigenvalue weighted by Crippen LogP contribution is 2.40. The Balaban J connectivity index is 1.62. The topological polar surface area (TPSA) is 71.5 Å². The number of fused-ring (bicyclic) bond motifs is 3. The Labute approximate surface area is 165 Å². The number of carbonyl (C=O) groups excluding carboxylic acids is 1. The molecule has 5 rings (SSSR count). The fourth-order valence-electron chi connectivity index (χ4n) is 3.60. The summed E-state index contributed by atoms with van der Waals surface area (Å²) >= 11 is 11.8. The van der Waals surface area contributed by atoms with E-state index in [1.807, 2.05) is 25.7 Å². The minimum atomic E-state index is -0.641. The average molecular weight is 414 g/mol. The molecule has 2 unspecified atom stereocenters. The van der Waals surface area contributed by atoms with Crippen molar-refractivity contribution in [3.63, 3.8) is 0 Å². The summed E-state index contributed by atoms with van der Waals surface area (Å²) in [6.07, 6.45) is 0.577. The van der Waals surface area contributed by atoms with E-state index in [0.717, 1.165) is 6.42 Å². The Morgan fingerprint density at radius 3 is 2.52 bits per heavy atom. The average Bonchev–Trinajstić information content (AvgIpc) is 2.55. The standard InChI is InChI=1S/C17H18Cl2FN5O2/c1-17(2,3)27-16(26)24-6-8-4-9(7-24)25(8)14-10-5-11(20)12(18)21-13(10)22-15(19)23-14/h5,8-9H,4,6-7H2,1-3H3. The van der Waals surface area contributed by atoms with E-state index < -0.39 is 11.4 Å². The molecule has 2 aromatic rings. The molecular weight excluding hydrogens is 396 g/mol. The lowest BCUT2D eigenvalue weighted by Crippen LogP contribution is -2.70. The SMILES string of the molecule is CC(C)(C)OC(=O)N1CC2CC(C1)N2c1nc(Cl)nc2nc(Cl)c(F)cc12. The van der Waals surface area contributed by atoms with Crippen LogP contribution < -0.4 is 4.90 Å². The van der Waals surface area contributed by atoms with Crippen molar-refractivity contribution in [2.45, 2.75) is 44.9 Å². The van der Waals surface area contributed by atoms with E-state index in [0.29, 0.717) is 24.3 Å². The first-order chi connectivity index (χ1) is 12.6. The summed E-state index contributed by atoms with van der Waals surface area (Å²) in [6, 6.07) is 1.36. The van der Waals surface area contributed by atoms with Gasteiger partial charge in [0.2, 0.25) is 5.28 Å². The number of rotatable bonds is 1. The zero-order valence-corrected chi connectivity index (χ0v) is 16.6. The maximum atomic E-state index is 14.0. The summed E-state index contributed by atoms with van der Waals surface area (Å²) in [4.78, 5) is 28.4. The van der Waals surface area contributed by atoms with Crippen molar-refractivity contribution < 1.29 is 13.9 Å².